The molecular weight excluding hydrogens is 378 g/mol. The minimum atomic E-state index is -0.956. The normalized spacial score (nSPS) is 22.5. The zero-order valence-corrected chi connectivity index (χ0v) is 16.4. The van der Waals surface area contributed by atoms with Crippen LogP contribution in [0.5, 0.6) is 0 Å². The minimum Gasteiger partial charge on any atom is -0.465 e. The van der Waals surface area contributed by atoms with Crippen molar-refractivity contribution in [2.24, 2.45) is 5.41 Å². The molecule has 0 aromatic heterocycles. The molecule has 2 N–H and O–H groups in total. The lowest BCUT2D eigenvalue weighted by Crippen LogP contribution is -2.56. The molecule has 1 aliphatic rings. The molecule has 3 nitrogen and oxygen atoms in total. The van der Waals surface area contributed by atoms with Crippen molar-refractivity contribution in [3.63, 3.8) is 0 Å². The molecule has 0 saturated carbocycles. The van der Waals surface area contributed by atoms with Gasteiger partial charge < -0.3 is 10.4 Å². The van der Waals surface area contributed by atoms with E-state index in [9.17, 15) is 9.90 Å². The summed E-state index contributed by atoms with van der Waals surface area (Å²) in [5, 5.41) is 12.3. The van der Waals surface area contributed by atoms with Crippen LogP contribution in [-0.4, -0.2) is 17.2 Å². The van der Waals surface area contributed by atoms with Crippen molar-refractivity contribution in [3.8, 4) is 0 Å². The average molecular weight is 402 g/mol. The van der Waals surface area contributed by atoms with Gasteiger partial charge in [0.2, 0.25) is 0 Å². The highest BCUT2D eigenvalue weighted by Crippen LogP contribution is 2.52. The summed E-state index contributed by atoms with van der Waals surface area (Å²) in [6.07, 6.45) is 0.574. The fourth-order valence-corrected chi connectivity index (χ4v) is 4.64. The van der Waals surface area contributed by atoms with Crippen molar-refractivity contribution in [2.45, 2.75) is 45.1 Å². The van der Waals surface area contributed by atoms with Gasteiger partial charge in [-0.1, -0.05) is 73.1 Å². The third-order valence-corrected chi connectivity index (χ3v) is 6.08. The summed E-state index contributed by atoms with van der Waals surface area (Å²) in [6.45, 7) is 6.64. The molecule has 0 fully saturated rings. The lowest BCUT2D eigenvalue weighted by molar-refractivity contribution is 0.128. The van der Waals surface area contributed by atoms with Crippen LogP contribution < -0.4 is 5.32 Å². The highest BCUT2D eigenvalue weighted by atomic mass is 79.9. The fraction of sp³-hybridized carbons (Fsp3) is 0.381. The summed E-state index contributed by atoms with van der Waals surface area (Å²) in [6, 6.07) is 16.6. The van der Waals surface area contributed by atoms with E-state index in [1.165, 1.54) is 16.7 Å². The summed E-state index contributed by atoms with van der Waals surface area (Å²) < 4.78 is 1.05. The first-order valence-corrected chi connectivity index (χ1v) is 9.35. The summed E-state index contributed by atoms with van der Waals surface area (Å²) >= 11 is 3.49. The third kappa shape index (κ3) is 3.20. The smallest absolute Gasteiger partial charge is 0.404 e. The molecule has 0 bridgehead atoms. The molecular formula is C21H24BrNO2. The standard InChI is InChI=1S/C21H24BrNO2/c1-20(2,3)21(13-14-8-10-16(22)11-9-14)17-7-5-4-6-15(17)12-18(21)23-19(24)25/h4-11,18,23H,12-13H2,1-3H3,(H,24,25). The Morgan fingerprint density at radius 2 is 1.84 bits per heavy atom. The van der Waals surface area contributed by atoms with Crippen LogP contribution >= 0.6 is 15.9 Å². The summed E-state index contributed by atoms with van der Waals surface area (Å²) in [4.78, 5) is 11.5. The lowest BCUT2D eigenvalue weighted by Gasteiger charge is -2.47. The van der Waals surface area contributed by atoms with Gasteiger partial charge in [0, 0.05) is 15.9 Å². The number of hydrogen-bond donors (Lipinski definition) is 2. The molecule has 0 radical (unpaired) electrons. The van der Waals surface area contributed by atoms with Gasteiger partial charge >= 0.3 is 6.09 Å². The number of nitrogens with one attached hydrogen (secondary N) is 1. The molecule has 2 aromatic carbocycles. The van der Waals surface area contributed by atoms with Gasteiger partial charge in [0.25, 0.3) is 0 Å². The van der Waals surface area contributed by atoms with Crippen LogP contribution in [0.4, 0.5) is 4.79 Å². The second-order valence-electron chi connectivity index (χ2n) is 7.89. The Hall–Kier alpha value is -1.81. The van der Waals surface area contributed by atoms with E-state index in [1.54, 1.807) is 0 Å². The van der Waals surface area contributed by atoms with Crippen molar-refractivity contribution in [1.82, 2.24) is 5.32 Å². The lowest BCUT2D eigenvalue weighted by atomic mass is 9.58. The maximum absolute atomic E-state index is 11.5. The first-order valence-electron chi connectivity index (χ1n) is 8.56. The Labute approximate surface area is 157 Å². The predicted molar refractivity (Wildman–Crippen MR) is 104 cm³/mol. The average Bonchev–Trinajstić information content (AvgIpc) is 2.83. The minimum absolute atomic E-state index is 0.111. The van der Waals surface area contributed by atoms with Crippen LogP contribution in [0.1, 0.15) is 37.5 Å². The van der Waals surface area contributed by atoms with Gasteiger partial charge in [0.05, 0.1) is 0 Å². The molecule has 3 rings (SSSR count). The van der Waals surface area contributed by atoms with Gasteiger partial charge in [-0.3, -0.25) is 0 Å². The van der Waals surface area contributed by atoms with E-state index >= 15 is 0 Å². The first kappa shape index (κ1) is 18.0. The summed E-state index contributed by atoms with van der Waals surface area (Å²) in [7, 11) is 0. The second kappa shape index (κ2) is 6.49. The van der Waals surface area contributed by atoms with Crippen LogP contribution in [0.15, 0.2) is 53.0 Å². The monoisotopic (exact) mass is 401 g/mol. The molecule has 2 aromatic rings. The number of carboxylic acid groups (broad SMARTS) is 1. The Morgan fingerprint density at radius 1 is 1.20 bits per heavy atom. The molecule has 132 valence electrons. The zero-order chi connectivity index (χ0) is 18.2. The number of hydrogen-bond acceptors (Lipinski definition) is 1. The van der Waals surface area contributed by atoms with Crippen molar-refractivity contribution in [1.29, 1.82) is 0 Å². The highest BCUT2D eigenvalue weighted by Gasteiger charge is 2.54. The number of rotatable bonds is 3. The maximum atomic E-state index is 11.5. The van der Waals surface area contributed by atoms with E-state index in [2.05, 4.69) is 72.3 Å². The Kier molecular flexibility index (Phi) is 4.67. The molecule has 0 spiro atoms. The number of amides is 1. The largest absolute Gasteiger partial charge is 0.465 e. The van der Waals surface area contributed by atoms with Crippen molar-refractivity contribution in [3.05, 3.63) is 69.7 Å². The first-order chi connectivity index (χ1) is 11.7. The molecule has 1 amide bonds. The van der Waals surface area contributed by atoms with Crippen LogP contribution in [-0.2, 0) is 18.3 Å². The molecule has 1 aliphatic carbocycles. The topological polar surface area (TPSA) is 49.3 Å². The fourth-order valence-electron chi connectivity index (χ4n) is 4.37. The second-order valence-corrected chi connectivity index (χ2v) is 8.80. The SMILES string of the molecule is CC(C)(C)C1(Cc2ccc(Br)cc2)c2ccccc2CC1NC(=O)O. The third-order valence-electron chi connectivity index (χ3n) is 5.55. The van der Waals surface area contributed by atoms with E-state index in [1.807, 2.05) is 18.2 Å². The van der Waals surface area contributed by atoms with E-state index in [0.29, 0.717) is 0 Å². The summed E-state index contributed by atoms with van der Waals surface area (Å²) in [5.41, 5.74) is 3.32. The van der Waals surface area contributed by atoms with E-state index in [0.717, 1.165) is 17.3 Å². The Balaban J connectivity index is 2.15. The van der Waals surface area contributed by atoms with Gasteiger partial charge in [0.15, 0.2) is 0 Å². The molecule has 2 atom stereocenters. The van der Waals surface area contributed by atoms with Gasteiger partial charge in [-0.15, -0.1) is 0 Å². The van der Waals surface area contributed by atoms with Crippen molar-refractivity contribution in [2.75, 3.05) is 0 Å². The quantitative estimate of drug-likeness (QED) is 0.745. The van der Waals surface area contributed by atoms with Gasteiger partial charge in [-0.05, 0) is 47.1 Å². The van der Waals surface area contributed by atoms with Crippen molar-refractivity contribution < 1.29 is 9.90 Å². The molecule has 0 heterocycles. The van der Waals surface area contributed by atoms with E-state index < -0.39 is 6.09 Å². The van der Waals surface area contributed by atoms with Crippen LogP contribution in [0.25, 0.3) is 0 Å². The number of benzene rings is 2. The van der Waals surface area contributed by atoms with Gasteiger partial charge in [0.1, 0.15) is 0 Å². The van der Waals surface area contributed by atoms with Crippen LogP contribution in [0.2, 0.25) is 0 Å². The van der Waals surface area contributed by atoms with Gasteiger partial charge in [-0.2, -0.15) is 0 Å². The maximum Gasteiger partial charge on any atom is 0.404 e. The molecule has 2 unspecified atom stereocenters. The Morgan fingerprint density at radius 3 is 2.44 bits per heavy atom. The van der Waals surface area contributed by atoms with E-state index in [4.69, 9.17) is 0 Å². The summed E-state index contributed by atoms with van der Waals surface area (Å²) in [5.74, 6) is 0. The molecule has 0 saturated heterocycles. The molecule has 25 heavy (non-hydrogen) atoms. The Bertz CT molecular complexity index is 779. The number of carbonyl (C=O) groups is 1. The zero-order valence-electron chi connectivity index (χ0n) is 14.8. The van der Waals surface area contributed by atoms with Gasteiger partial charge in [-0.25, -0.2) is 4.79 Å². The molecule has 4 heteroatoms. The van der Waals surface area contributed by atoms with Crippen LogP contribution in [0, 0.1) is 5.41 Å². The highest BCUT2D eigenvalue weighted by molar-refractivity contribution is 9.10. The van der Waals surface area contributed by atoms with Crippen LogP contribution in [0.3, 0.4) is 0 Å². The number of halogens is 1. The van der Waals surface area contributed by atoms with E-state index in [-0.39, 0.29) is 16.9 Å². The molecule has 0 aliphatic heterocycles. The van der Waals surface area contributed by atoms with Crippen molar-refractivity contribution >= 4 is 22.0 Å². The predicted octanol–water partition coefficient (Wildman–Crippen LogP) is 5.17. The number of fused-ring (bicyclic) bond motifs is 1.